The summed E-state index contributed by atoms with van der Waals surface area (Å²) in [5, 5.41) is 4.78. The molecule has 0 radical (unpaired) electrons. The smallest absolute Gasteiger partial charge is 0.134 e. The van der Waals surface area contributed by atoms with Gasteiger partial charge >= 0.3 is 0 Å². The Morgan fingerprint density at radius 1 is 0.350 bits per heavy atom. The molecule has 10 aromatic carbocycles. The second-order valence-corrected chi connectivity index (χ2v) is 22.4. The van der Waals surface area contributed by atoms with Gasteiger partial charge in [-0.05, 0) is 96.1 Å². The molecule has 0 N–H and O–H groups in total. The number of anilines is 6. The van der Waals surface area contributed by atoms with Crippen LogP contribution < -0.4 is 14.5 Å². The van der Waals surface area contributed by atoms with Crippen molar-refractivity contribution < 1.29 is 4.74 Å². The van der Waals surface area contributed by atoms with E-state index in [-0.39, 0.29) is 0 Å². The fourth-order valence-corrected chi connectivity index (χ4v) is 15.0. The van der Waals surface area contributed by atoms with Gasteiger partial charge in [0, 0.05) is 94.9 Å². The predicted octanol–water partition coefficient (Wildman–Crippen LogP) is 18.4. The van der Waals surface area contributed by atoms with Gasteiger partial charge in [-0.2, -0.15) is 0 Å². The third kappa shape index (κ3) is 5.94. The highest BCUT2D eigenvalue weighted by atomic mass is 32.2. The Morgan fingerprint density at radius 2 is 0.725 bits per heavy atom. The van der Waals surface area contributed by atoms with Crippen molar-refractivity contribution in [2.45, 2.75) is 21.6 Å². The lowest BCUT2D eigenvalue weighted by molar-refractivity contribution is 0.436. The summed E-state index contributed by atoms with van der Waals surface area (Å²) in [5.41, 5.74) is 20.4. The highest BCUT2D eigenvalue weighted by molar-refractivity contribution is 7.99. The van der Waals surface area contributed by atoms with E-state index in [9.17, 15) is 0 Å². The van der Waals surface area contributed by atoms with Crippen LogP contribution in [0.2, 0.25) is 0 Å². The van der Waals surface area contributed by atoms with Crippen molar-refractivity contribution >= 4 is 89.5 Å². The van der Waals surface area contributed by atoms with Gasteiger partial charge in [0.2, 0.25) is 0 Å². The molecule has 7 nitrogen and oxygen atoms in total. The van der Waals surface area contributed by atoms with Crippen LogP contribution in [0.25, 0.3) is 66.4 Å². The molecule has 0 bridgehead atoms. The van der Waals surface area contributed by atoms with Crippen LogP contribution in [0.15, 0.2) is 265 Å². The third-order valence-electron chi connectivity index (χ3n) is 17.2. The molecule has 0 atom stereocenters. The van der Waals surface area contributed by atoms with Gasteiger partial charge < -0.3 is 23.7 Å². The Balaban J connectivity index is 0.949. The molecule has 0 amide bonds. The zero-order chi connectivity index (χ0) is 52.2. The molecular formula is C72H44N6OS. The average molecular weight is 1040 g/mol. The largest absolute Gasteiger partial charge is 0.457 e. The summed E-state index contributed by atoms with van der Waals surface area (Å²) in [5.74, 6) is 1.54. The molecule has 1 spiro atoms. The summed E-state index contributed by atoms with van der Waals surface area (Å²) < 4.78 is 12.4. The van der Waals surface area contributed by atoms with Gasteiger partial charge in [0.25, 0.3) is 0 Å². The minimum absolute atomic E-state index is 0.767. The Kier molecular flexibility index (Phi) is 9.02. The van der Waals surface area contributed by atoms with E-state index >= 15 is 0 Å². The number of fused-ring (bicyclic) bond motifs is 19. The van der Waals surface area contributed by atoms with Gasteiger partial charge in [0.15, 0.2) is 0 Å². The fourth-order valence-electron chi connectivity index (χ4n) is 13.9. The van der Waals surface area contributed by atoms with E-state index in [4.69, 9.17) is 14.7 Å². The number of hydrogen-bond acceptors (Lipinski definition) is 6. The molecule has 7 heterocycles. The van der Waals surface area contributed by atoms with Crippen LogP contribution in [-0.2, 0) is 11.8 Å². The van der Waals surface area contributed by atoms with Gasteiger partial charge in [-0.3, -0.25) is 9.97 Å². The Morgan fingerprint density at radius 3 is 1.18 bits per heavy atom. The molecule has 4 aromatic heterocycles. The van der Waals surface area contributed by atoms with Crippen molar-refractivity contribution in [1.82, 2.24) is 19.1 Å². The molecule has 14 aromatic rings. The minimum Gasteiger partial charge on any atom is -0.457 e. The van der Waals surface area contributed by atoms with Crippen molar-refractivity contribution in [3.8, 4) is 34.3 Å². The molecule has 3 aliphatic heterocycles. The van der Waals surface area contributed by atoms with Crippen LogP contribution in [0.1, 0.15) is 33.4 Å². The van der Waals surface area contributed by atoms with Crippen LogP contribution in [0, 0.1) is 0 Å². The Labute approximate surface area is 464 Å². The first-order valence-electron chi connectivity index (χ1n) is 27.2. The van der Waals surface area contributed by atoms with Gasteiger partial charge in [-0.25, -0.2) is 0 Å². The molecule has 0 unspecified atom stereocenters. The number of benzene rings is 10. The lowest BCUT2D eigenvalue weighted by atomic mass is 9.66. The normalized spacial score (nSPS) is 14.1. The molecule has 80 heavy (non-hydrogen) atoms. The molecule has 374 valence electrons. The first-order valence-corrected chi connectivity index (χ1v) is 28.1. The van der Waals surface area contributed by atoms with Gasteiger partial charge in [-0.15, -0.1) is 0 Å². The summed E-state index contributed by atoms with van der Waals surface area (Å²) in [6.07, 6.45) is 4.96. The molecule has 0 saturated carbocycles. The van der Waals surface area contributed by atoms with Gasteiger partial charge in [0.05, 0.1) is 74.0 Å². The second-order valence-electron chi connectivity index (χ2n) is 21.3. The summed E-state index contributed by atoms with van der Waals surface area (Å²) in [6.45, 7) is 0. The Bertz CT molecular complexity index is 4490. The quantitative estimate of drug-likeness (QED) is 0.175. The lowest BCUT2D eigenvalue weighted by Gasteiger charge is -2.41. The van der Waals surface area contributed by atoms with Crippen molar-refractivity contribution in [2.75, 3.05) is 9.80 Å². The van der Waals surface area contributed by atoms with E-state index in [1.54, 1.807) is 0 Å². The number of aromatic nitrogens is 4. The Hall–Kier alpha value is -10.2. The first kappa shape index (κ1) is 43.9. The highest BCUT2D eigenvalue weighted by Gasteiger charge is 2.53. The van der Waals surface area contributed by atoms with Crippen LogP contribution in [0.4, 0.5) is 34.1 Å². The number of pyridine rings is 2. The van der Waals surface area contributed by atoms with Crippen LogP contribution in [0.5, 0.6) is 11.5 Å². The van der Waals surface area contributed by atoms with Gasteiger partial charge in [0.1, 0.15) is 11.5 Å². The topological polar surface area (TPSA) is 51.4 Å². The van der Waals surface area contributed by atoms with E-state index in [1.165, 1.54) is 42.5 Å². The first-order chi connectivity index (χ1) is 39.7. The van der Waals surface area contributed by atoms with Crippen molar-refractivity contribution in [3.05, 3.63) is 288 Å². The van der Waals surface area contributed by atoms with E-state index in [0.717, 1.165) is 119 Å². The molecule has 1 aliphatic carbocycles. The summed E-state index contributed by atoms with van der Waals surface area (Å²) in [7, 11) is 0. The number of nitrogens with zero attached hydrogens (tertiary/aromatic N) is 6. The van der Waals surface area contributed by atoms with Gasteiger partial charge in [-0.1, -0.05) is 157 Å². The maximum Gasteiger partial charge on any atom is 0.134 e. The molecule has 0 saturated heterocycles. The molecule has 4 aliphatic rings. The fraction of sp³-hybridized carbons (Fsp3) is 0.0278. The number of rotatable bonds is 4. The molecule has 18 rings (SSSR count). The maximum atomic E-state index is 7.63. The SMILES string of the molecule is c1ccc2c(c1)Cc1ccccc1N2c1ccc2c(c1)Oc1cc(N3c4ccccc4Sc4ccccc43)ccc1C21c2cc(-n3c4ccccc4c4ccccc43)cnc2-c2ncc(-n3c4ccccc4c4ccccc43)cc21. The monoisotopic (exact) mass is 1040 g/mol. The zero-order valence-electron chi connectivity index (χ0n) is 43.0. The minimum atomic E-state index is -0.973. The number of hydrogen-bond donors (Lipinski definition) is 0. The molecular weight excluding hydrogens is 997 g/mol. The average Bonchev–Trinajstić information content (AvgIpc) is 4.08. The number of ether oxygens (including phenoxy) is 1. The third-order valence-corrected chi connectivity index (χ3v) is 18.3. The predicted molar refractivity (Wildman–Crippen MR) is 324 cm³/mol. The van der Waals surface area contributed by atoms with Crippen molar-refractivity contribution in [1.29, 1.82) is 0 Å². The van der Waals surface area contributed by atoms with Crippen molar-refractivity contribution in [3.63, 3.8) is 0 Å². The van der Waals surface area contributed by atoms with E-state index in [1.807, 2.05) is 24.2 Å². The van der Waals surface area contributed by atoms with Crippen LogP contribution >= 0.6 is 11.8 Å². The summed E-state index contributed by atoms with van der Waals surface area (Å²) >= 11 is 1.81. The lowest BCUT2D eigenvalue weighted by Crippen LogP contribution is -2.33. The van der Waals surface area contributed by atoms with E-state index < -0.39 is 5.41 Å². The van der Waals surface area contributed by atoms with E-state index in [2.05, 4.69) is 262 Å². The highest BCUT2D eigenvalue weighted by Crippen LogP contribution is 2.64. The van der Waals surface area contributed by atoms with E-state index in [0.29, 0.717) is 0 Å². The zero-order valence-corrected chi connectivity index (χ0v) is 43.8. The van der Waals surface area contributed by atoms with Crippen LogP contribution in [-0.4, -0.2) is 19.1 Å². The molecule has 0 fully saturated rings. The summed E-state index contributed by atoms with van der Waals surface area (Å²) in [4.78, 5) is 18.4. The van der Waals surface area contributed by atoms with Crippen molar-refractivity contribution in [2.24, 2.45) is 0 Å². The number of para-hydroxylation sites is 8. The standard InChI is InChI=1S/C72H44N6OS/c1-7-23-58-44(17-1)37-45-18-2-8-24-59(45)75(58)46-33-35-54-66(40-46)79-67-41-47(76-64-29-13-15-31-68(64)80-69-32-16-14-30-65(69)76)34-36-55(67)72(54)56-38-48(77-60-25-9-3-19-50(60)51-20-4-10-26-61(51)77)42-73-70(56)71-57(72)39-49(43-74-71)78-62-27-11-5-21-52(62)53-22-6-12-28-63(53)78/h1-36,38-43H,37H2. The molecule has 8 heteroatoms. The summed E-state index contributed by atoms with van der Waals surface area (Å²) in [6, 6.07) is 88.4. The maximum absolute atomic E-state index is 7.63. The second kappa shape index (κ2) is 16.4. The van der Waals surface area contributed by atoms with Crippen LogP contribution in [0.3, 0.4) is 0 Å².